The molecule has 7 heteroatoms. The van der Waals surface area contributed by atoms with Crippen molar-refractivity contribution in [1.29, 1.82) is 0 Å². The second-order valence-corrected chi connectivity index (χ2v) is 6.57. The van der Waals surface area contributed by atoms with Crippen molar-refractivity contribution in [1.82, 2.24) is 5.32 Å². The molecule has 0 bridgehead atoms. The SMILES string of the molecule is CCOc1ccc(C(=O)N[C@H](C(=O)Oc2c(OC)cccc2OC)C(C)C)cc1. The van der Waals surface area contributed by atoms with Gasteiger partial charge in [-0.25, -0.2) is 4.79 Å². The molecule has 0 aliphatic carbocycles. The van der Waals surface area contributed by atoms with Gasteiger partial charge in [-0.15, -0.1) is 0 Å². The van der Waals surface area contributed by atoms with E-state index in [-0.39, 0.29) is 17.6 Å². The third kappa shape index (κ3) is 5.63. The number of hydrogen-bond donors (Lipinski definition) is 1. The van der Waals surface area contributed by atoms with E-state index in [2.05, 4.69) is 5.32 Å². The molecule has 0 aliphatic heterocycles. The van der Waals surface area contributed by atoms with Gasteiger partial charge in [-0.1, -0.05) is 19.9 Å². The van der Waals surface area contributed by atoms with Crippen LogP contribution in [0.4, 0.5) is 0 Å². The summed E-state index contributed by atoms with van der Waals surface area (Å²) in [5, 5.41) is 2.74. The molecule has 1 N–H and O–H groups in total. The van der Waals surface area contributed by atoms with E-state index in [0.29, 0.717) is 29.4 Å². The molecule has 0 aliphatic rings. The van der Waals surface area contributed by atoms with Crippen LogP contribution in [0.25, 0.3) is 0 Å². The molecule has 29 heavy (non-hydrogen) atoms. The van der Waals surface area contributed by atoms with E-state index in [0.717, 1.165) is 0 Å². The maximum atomic E-state index is 12.8. The maximum Gasteiger partial charge on any atom is 0.334 e. The normalized spacial score (nSPS) is 11.5. The zero-order valence-corrected chi connectivity index (χ0v) is 17.4. The molecule has 7 nitrogen and oxygen atoms in total. The second-order valence-electron chi connectivity index (χ2n) is 6.57. The third-order valence-electron chi connectivity index (χ3n) is 4.22. The number of carbonyl (C=O) groups excluding carboxylic acids is 2. The van der Waals surface area contributed by atoms with E-state index in [4.69, 9.17) is 18.9 Å². The maximum absolute atomic E-state index is 12.8. The fraction of sp³-hybridized carbons (Fsp3) is 0.364. The van der Waals surface area contributed by atoms with Crippen LogP contribution in [0.2, 0.25) is 0 Å². The van der Waals surface area contributed by atoms with Crippen LogP contribution in [-0.4, -0.2) is 38.7 Å². The van der Waals surface area contributed by atoms with Gasteiger partial charge in [0.15, 0.2) is 11.5 Å². The van der Waals surface area contributed by atoms with Crippen molar-refractivity contribution in [2.45, 2.75) is 26.8 Å². The highest BCUT2D eigenvalue weighted by atomic mass is 16.6. The monoisotopic (exact) mass is 401 g/mol. The second kappa shape index (κ2) is 10.4. The Kier molecular flexibility index (Phi) is 7.88. The highest BCUT2D eigenvalue weighted by Crippen LogP contribution is 2.37. The Balaban J connectivity index is 2.17. The number of esters is 1. The summed E-state index contributed by atoms with van der Waals surface area (Å²) < 4.78 is 21.4. The lowest BCUT2D eigenvalue weighted by atomic mass is 10.0. The van der Waals surface area contributed by atoms with Crippen molar-refractivity contribution in [2.24, 2.45) is 5.92 Å². The molecule has 0 unspecified atom stereocenters. The van der Waals surface area contributed by atoms with E-state index in [1.54, 1.807) is 42.5 Å². The molecule has 0 saturated carbocycles. The van der Waals surface area contributed by atoms with Crippen LogP contribution in [0.5, 0.6) is 23.0 Å². The van der Waals surface area contributed by atoms with Gasteiger partial charge >= 0.3 is 5.97 Å². The Labute approximate surface area is 170 Å². The number of ether oxygens (including phenoxy) is 4. The average Bonchev–Trinajstić information content (AvgIpc) is 2.72. The summed E-state index contributed by atoms with van der Waals surface area (Å²) in [5.41, 5.74) is 0.418. The van der Waals surface area contributed by atoms with Gasteiger partial charge in [-0.2, -0.15) is 0 Å². The number of carbonyl (C=O) groups is 2. The van der Waals surface area contributed by atoms with Gasteiger partial charge in [0.1, 0.15) is 11.8 Å². The smallest absolute Gasteiger partial charge is 0.334 e. The van der Waals surface area contributed by atoms with Gasteiger partial charge in [0.05, 0.1) is 20.8 Å². The lowest BCUT2D eigenvalue weighted by Crippen LogP contribution is -2.46. The largest absolute Gasteiger partial charge is 0.494 e. The highest BCUT2D eigenvalue weighted by Gasteiger charge is 2.28. The van der Waals surface area contributed by atoms with E-state index >= 15 is 0 Å². The molecule has 0 spiro atoms. The molecule has 0 fully saturated rings. The first-order valence-corrected chi connectivity index (χ1v) is 9.37. The van der Waals surface area contributed by atoms with Crippen LogP contribution in [0.15, 0.2) is 42.5 Å². The Morgan fingerprint density at radius 1 is 0.966 bits per heavy atom. The van der Waals surface area contributed by atoms with E-state index in [1.165, 1.54) is 14.2 Å². The number of nitrogens with one attached hydrogen (secondary N) is 1. The minimum absolute atomic E-state index is 0.170. The Morgan fingerprint density at radius 2 is 1.55 bits per heavy atom. The van der Waals surface area contributed by atoms with Gasteiger partial charge in [0, 0.05) is 5.56 Å². The Morgan fingerprint density at radius 3 is 2.03 bits per heavy atom. The molecular formula is C22H27NO6. The number of para-hydroxylation sites is 1. The van der Waals surface area contributed by atoms with Crippen LogP contribution in [0, 0.1) is 5.92 Å². The van der Waals surface area contributed by atoms with Crippen LogP contribution in [0.3, 0.4) is 0 Å². The predicted octanol–water partition coefficient (Wildman–Crippen LogP) is 3.46. The summed E-state index contributed by atoms with van der Waals surface area (Å²) in [6, 6.07) is 10.9. The van der Waals surface area contributed by atoms with Gasteiger partial charge < -0.3 is 24.3 Å². The van der Waals surface area contributed by atoms with Crippen molar-refractivity contribution in [2.75, 3.05) is 20.8 Å². The third-order valence-corrected chi connectivity index (χ3v) is 4.22. The molecule has 1 atom stereocenters. The molecular weight excluding hydrogens is 374 g/mol. The first-order valence-electron chi connectivity index (χ1n) is 9.37. The van der Waals surface area contributed by atoms with Crippen LogP contribution < -0.4 is 24.3 Å². The fourth-order valence-electron chi connectivity index (χ4n) is 2.67. The van der Waals surface area contributed by atoms with Crippen molar-refractivity contribution in [3.05, 3.63) is 48.0 Å². The standard InChI is InChI=1S/C22H27NO6/c1-6-28-16-12-10-15(11-13-16)21(24)23-19(14(2)3)22(25)29-20-17(26-4)8-7-9-18(20)27-5/h7-14,19H,6H2,1-5H3,(H,23,24)/t19-/m0/s1. The van der Waals surface area contributed by atoms with Gasteiger partial charge in [0.2, 0.25) is 5.75 Å². The minimum Gasteiger partial charge on any atom is -0.494 e. The summed E-state index contributed by atoms with van der Waals surface area (Å²) >= 11 is 0. The molecule has 0 aromatic heterocycles. The van der Waals surface area contributed by atoms with Crippen LogP contribution in [0.1, 0.15) is 31.1 Å². The quantitative estimate of drug-likeness (QED) is 0.512. The summed E-state index contributed by atoms with van der Waals surface area (Å²) in [4.78, 5) is 25.5. The van der Waals surface area contributed by atoms with E-state index in [9.17, 15) is 9.59 Å². The van der Waals surface area contributed by atoms with Gasteiger partial charge in [0.25, 0.3) is 5.91 Å². The van der Waals surface area contributed by atoms with Crippen molar-refractivity contribution in [3.63, 3.8) is 0 Å². The van der Waals surface area contributed by atoms with E-state index in [1.807, 2.05) is 20.8 Å². The number of benzene rings is 2. The summed E-state index contributed by atoms with van der Waals surface area (Å²) in [6.45, 7) is 6.07. The van der Waals surface area contributed by atoms with Crippen LogP contribution >= 0.6 is 0 Å². The first kappa shape index (κ1) is 22.1. The number of rotatable bonds is 9. The zero-order valence-electron chi connectivity index (χ0n) is 17.4. The van der Waals surface area contributed by atoms with E-state index < -0.39 is 12.0 Å². The van der Waals surface area contributed by atoms with Crippen molar-refractivity contribution in [3.8, 4) is 23.0 Å². The fourth-order valence-corrected chi connectivity index (χ4v) is 2.67. The molecule has 0 heterocycles. The van der Waals surface area contributed by atoms with Crippen LogP contribution in [-0.2, 0) is 4.79 Å². The molecule has 2 aromatic rings. The Bertz CT molecular complexity index is 809. The number of methoxy groups -OCH3 is 2. The summed E-state index contributed by atoms with van der Waals surface area (Å²) in [7, 11) is 2.94. The minimum atomic E-state index is -0.858. The molecule has 2 aromatic carbocycles. The Hall–Kier alpha value is -3.22. The molecule has 2 rings (SSSR count). The summed E-state index contributed by atoms with van der Waals surface area (Å²) in [6.07, 6.45) is 0. The van der Waals surface area contributed by atoms with Gasteiger partial charge in [-0.3, -0.25) is 4.79 Å². The average molecular weight is 401 g/mol. The van der Waals surface area contributed by atoms with Crippen molar-refractivity contribution < 1.29 is 28.5 Å². The zero-order chi connectivity index (χ0) is 21.4. The predicted molar refractivity (Wildman–Crippen MR) is 109 cm³/mol. The van der Waals surface area contributed by atoms with Gasteiger partial charge in [-0.05, 0) is 49.2 Å². The molecule has 156 valence electrons. The summed E-state index contributed by atoms with van der Waals surface area (Å²) in [5.74, 6) is 0.374. The molecule has 0 radical (unpaired) electrons. The number of hydrogen-bond acceptors (Lipinski definition) is 6. The topological polar surface area (TPSA) is 83.1 Å². The lowest BCUT2D eigenvalue weighted by molar-refractivity contribution is -0.137. The highest BCUT2D eigenvalue weighted by molar-refractivity contribution is 5.97. The molecule has 0 saturated heterocycles. The lowest BCUT2D eigenvalue weighted by Gasteiger charge is -2.22. The van der Waals surface area contributed by atoms with Crippen molar-refractivity contribution >= 4 is 11.9 Å². The number of amides is 1. The first-order chi connectivity index (χ1) is 13.9. The molecule has 1 amide bonds.